The van der Waals surface area contributed by atoms with Crippen molar-refractivity contribution < 1.29 is 18.0 Å². The second-order valence-corrected chi connectivity index (χ2v) is 5.48. The first kappa shape index (κ1) is 15.7. The molecule has 1 aliphatic rings. The SMILES string of the molecule is NC(=S)C1(C(=O)Nc2ccc(C(F)(F)F)nc2)CCCC1. The molecule has 2 rings (SSSR count). The van der Waals surface area contributed by atoms with E-state index < -0.39 is 17.3 Å². The molecule has 1 aromatic heterocycles. The van der Waals surface area contributed by atoms with Gasteiger partial charge >= 0.3 is 6.18 Å². The molecule has 4 nitrogen and oxygen atoms in total. The van der Waals surface area contributed by atoms with Gasteiger partial charge in [0.1, 0.15) is 5.69 Å². The van der Waals surface area contributed by atoms with Crippen LogP contribution in [0.1, 0.15) is 31.4 Å². The Labute approximate surface area is 124 Å². The van der Waals surface area contributed by atoms with Crippen molar-refractivity contribution in [2.75, 3.05) is 5.32 Å². The Hall–Kier alpha value is -1.70. The summed E-state index contributed by atoms with van der Waals surface area (Å²) in [5.74, 6) is -0.381. The van der Waals surface area contributed by atoms with Gasteiger partial charge in [0.2, 0.25) is 5.91 Å². The zero-order valence-electron chi connectivity index (χ0n) is 11.0. The highest BCUT2D eigenvalue weighted by Gasteiger charge is 2.44. The maximum atomic E-state index is 12.4. The van der Waals surface area contributed by atoms with Crippen molar-refractivity contribution in [2.45, 2.75) is 31.9 Å². The summed E-state index contributed by atoms with van der Waals surface area (Å²) in [5.41, 5.74) is 3.95. The molecule has 1 fully saturated rings. The van der Waals surface area contributed by atoms with Gasteiger partial charge in [-0.2, -0.15) is 13.2 Å². The summed E-state index contributed by atoms with van der Waals surface area (Å²) < 4.78 is 37.2. The first-order valence-corrected chi connectivity index (χ1v) is 6.81. The summed E-state index contributed by atoms with van der Waals surface area (Å²) in [7, 11) is 0. The average Bonchev–Trinajstić information content (AvgIpc) is 2.89. The summed E-state index contributed by atoms with van der Waals surface area (Å²) in [5, 5.41) is 2.55. The first-order valence-electron chi connectivity index (χ1n) is 6.40. The van der Waals surface area contributed by atoms with Crippen molar-refractivity contribution in [3.05, 3.63) is 24.0 Å². The minimum Gasteiger partial charge on any atom is -0.392 e. The van der Waals surface area contributed by atoms with E-state index in [0.717, 1.165) is 31.2 Å². The third kappa shape index (κ3) is 3.15. The van der Waals surface area contributed by atoms with Crippen LogP contribution in [0.15, 0.2) is 18.3 Å². The Bertz CT molecular complexity index is 551. The fourth-order valence-corrected chi connectivity index (χ4v) is 2.75. The van der Waals surface area contributed by atoms with E-state index in [1.54, 1.807) is 0 Å². The molecule has 1 saturated carbocycles. The van der Waals surface area contributed by atoms with Crippen molar-refractivity contribution in [2.24, 2.45) is 11.1 Å². The number of alkyl halides is 3. The number of nitrogens with zero attached hydrogens (tertiary/aromatic N) is 1. The molecular weight excluding hydrogens is 303 g/mol. The van der Waals surface area contributed by atoms with Gasteiger partial charge < -0.3 is 11.1 Å². The van der Waals surface area contributed by atoms with E-state index in [1.807, 2.05) is 0 Å². The number of aromatic nitrogens is 1. The predicted molar refractivity (Wildman–Crippen MR) is 75.6 cm³/mol. The fraction of sp³-hybridized carbons (Fsp3) is 0.462. The topological polar surface area (TPSA) is 68.0 Å². The number of hydrogen-bond donors (Lipinski definition) is 2. The molecule has 8 heteroatoms. The van der Waals surface area contributed by atoms with Crippen LogP contribution in [0.3, 0.4) is 0 Å². The number of nitrogens with two attached hydrogens (primary N) is 1. The van der Waals surface area contributed by atoms with Crippen LogP contribution < -0.4 is 11.1 Å². The second-order valence-electron chi connectivity index (χ2n) is 5.04. The molecule has 3 N–H and O–H groups in total. The highest BCUT2D eigenvalue weighted by molar-refractivity contribution is 7.80. The lowest BCUT2D eigenvalue weighted by molar-refractivity contribution is -0.141. The molecule has 1 heterocycles. The number of halogens is 3. The molecule has 0 spiro atoms. The van der Waals surface area contributed by atoms with Crippen LogP contribution in [0, 0.1) is 5.41 Å². The zero-order valence-corrected chi connectivity index (χ0v) is 11.9. The Kier molecular flexibility index (Phi) is 4.18. The van der Waals surface area contributed by atoms with E-state index in [1.165, 1.54) is 0 Å². The van der Waals surface area contributed by atoms with Crippen LogP contribution in [-0.4, -0.2) is 15.9 Å². The van der Waals surface area contributed by atoms with Gasteiger partial charge in [-0.15, -0.1) is 0 Å². The normalized spacial score (nSPS) is 17.5. The van der Waals surface area contributed by atoms with E-state index in [0.29, 0.717) is 12.8 Å². The van der Waals surface area contributed by atoms with Crippen molar-refractivity contribution in [1.29, 1.82) is 0 Å². The van der Waals surface area contributed by atoms with Crippen LogP contribution in [0.25, 0.3) is 0 Å². The lowest BCUT2D eigenvalue weighted by atomic mass is 9.85. The number of amides is 1. The second kappa shape index (κ2) is 5.59. The smallest absolute Gasteiger partial charge is 0.392 e. The van der Waals surface area contributed by atoms with Crippen LogP contribution >= 0.6 is 12.2 Å². The third-order valence-electron chi connectivity index (χ3n) is 3.68. The van der Waals surface area contributed by atoms with Gasteiger partial charge in [-0.25, -0.2) is 4.98 Å². The standard InChI is InChI=1S/C13H14F3N3OS/c14-13(15,16)9-4-3-8(7-18-9)19-11(20)12(10(17)21)5-1-2-6-12/h3-4,7H,1-2,5-6H2,(H2,17,21)(H,19,20). The Morgan fingerprint density at radius 2 is 1.95 bits per heavy atom. The van der Waals surface area contributed by atoms with Gasteiger partial charge in [-0.1, -0.05) is 25.1 Å². The summed E-state index contributed by atoms with van der Waals surface area (Å²) in [4.78, 5) is 15.7. The monoisotopic (exact) mass is 317 g/mol. The van der Waals surface area contributed by atoms with Crippen molar-refractivity contribution in [1.82, 2.24) is 4.98 Å². The van der Waals surface area contributed by atoms with Crippen molar-refractivity contribution in [3.8, 4) is 0 Å². The molecule has 0 bridgehead atoms. The number of nitrogens with one attached hydrogen (secondary N) is 1. The van der Waals surface area contributed by atoms with E-state index in [4.69, 9.17) is 18.0 Å². The zero-order chi connectivity index (χ0) is 15.7. The maximum Gasteiger partial charge on any atom is 0.433 e. The van der Waals surface area contributed by atoms with Crippen molar-refractivity contribution in [3.63, 3.8) is 0 Å². The number of thiocarbonyl (C=S) groups is 1. The third-order valence-corrected chi connectivity index (χ3v) is 4.07. The fourth-order valence-electron chi connectivity index (χ4n) is 2.45. The molecule has 0 aliphatic heterocycles. The van der Waals surface area contributed by atoms with Gasteiger partial charge in [0, 0.05) is 0 Å². The maximum absolute atomic E-state index is 12.4. The molecule has 114 valence electrons. The lowest BCUT2D eigenvalue weighted by Crippen LogP contribution is -2.43. The highest BCUT2D eigenvalue weighted by atomic mass is 32.1. The molecule has 0 saturated heterocycles. The molecule has 0 atom stereocenters. The molecule has 1 amide bonds. The van der Waals surface area contributed by atoms with Gasteiger partial charge in [0.05, 0.1) is 22.3 Å². The number of anilines is 1. The Morgan fingerprint density at radius 1 is 1.33 bits per heavy atom. The van der Waals surface area contributed by atoms with E-state index in [9.17, 15) is 18.0 Å². The quantitative estimate of drug-likeness (QED) is 0.841. The summed E-state index contributed by atoms with van der Waals surface area (Å²) >= 11 is 4.98. The van der Waals surface area contributed by atoms with Crippen LogP contribution in [0.4, 0.5) is 18.9 Å². The molecular formula is C13H14F3N3OS. The van der Waals surface area contributed by atoms with Crippen LogP contribution in [0.5, 0.6) is 0 Å². The molecule has 0 unspecified atom stereocenters. The van der Waals surface area contributed by atoms with E-state index in [-0.39, 0.29) is 16.6 Å². The lowest BCUT2D eigenvalue weighted by Gasteiger charge is -2.26. The van der Waals surface area contributed by atoms with Gasteiger partial charge in [-0.3, -0.25) is 4.79 Å². The molecule has 1 aliphatic carbocycles. The van der Waals surface area contributed by atoms with Crippen LogP contribution in [0.2, 0.25) is 0 Å². The minimum absolute atomic E-state index is 0.123. The molecule has 0 radical (unpaired) electrons. The molecule has 21 heavy (non-hydrogen) atoms. The summed E-state index contributed by atoms with van der Waals surface area (Å²) in [6.07, 6.45) is -0.729. The van der Waals surface area contributed by atoms with Gasteiger partial charge in [0.25, 0.3) is 0 Å². The van der Waals surface area contributed by atoms with Gasteiger partial charge in [0.15, 0.2) is 0 Å². The molecule has 0 aromatic carbocycles. The summed E-state index contributed by atoms with van der Waals surface area (Å²) in [6, 6.07) is 1.98. The summed E-state index contributed by atoms with van der Waals surface area (Å²) in [6.45, 7) is 0. The predicted octanol–water partition coefficient (Wildman–Crippen LogP) is 2.89. The number of pyridine rings is 1. The molecule has 1 aromatic rings. The Morgan fingerprint density at radius 3 is 2.38 bits per heavy atom. The largest absolute Gasteiger partial charge is 0.433 e. The number of hydrogen-bond acceptors (Lipinski definition) is 3. The van der Waals surface area contributed by atoms with E-state index >= 15 is 0 Å². The average molecular weight is 317 g/mol. The highest BCUT2D eigenvalue weighted by Crippen LogP contribution is 2.39. The Balaban J connectivity index is 2.14. The minimum atomic E-state index is -4.51. The number of carbonyl (C=O) groups excluding carboxylic acids is 1. The van der Waals surface area contributed by atoms with Crippen molar-refractivity contribution >= 4 is 28.8 Å². The number of carbonyl (C=O) groups is 1. The van der Waals surface area contributed by atoms with E-state index in [2.05, 4.69) is 10.3 Å². The van der Waals surface area contributed by atoms with Crippen LogP contribution in [-0.2, 0) is 11.0 Å². The van der Waals surface area contributed by atoms with Gasteiger partial charge in [-0.05, 0) is 25.0 Å². The number of rotatable bonds is 3. The first-order chi connectivity index (χ1) is 9.75.